The fraction of sp³-hybridized carbons (Fsp3) is 0.182. The van der Waals surface area contributed by atoms with Crippen LogP contribution in [0.15, 0.2) is 36.5 Å². The minimum atomic E-state index is 0.575. The van der Waals surface area contributed by atoms with Crippen LogP contribution in [0.25, 0.3) is 5.57 Å². The Kier molecular flexibility index (Phi) is 3.26. The smallest absolute Gasteiger partial charge is 0.235 e. The van der Waals surface area contributed by atoms with Crippen LogP contribution in [0.1, 0.15) is 5.56 Å². The third-order valence-electron chi connectivity index (χ3n) is 1.58. The normalized spacial score (nSPS) is 11.1. The molecule has 1 rings (SSSR count). The molecule has 0 aliphatic heterocycles. The molecule has 0 saturated heterocycles. The molecule has 0 aliphatic carbocycles. The maximum atomic E-state index is 10.6. The first-order valence-corrected chi connectivity index (χ1v) is 4.06. The van der Waals surface area contributed by atoms with E-state index in [0.29, 0.717) is 5.57 Å². The lowest BCUT2D eigenvalue weighted by Crippen LogP contribution is -2.03. The fourth-order valence-electron chi connectivity index (χ4n) is 1.04. The summed E-state index contributed by atoms with van der Waals surface area (Å²) in [5.41, 5.74) is 1.47. The third-order valence-corrected chi connectivity index (χ3v) is 1.58. The van der Waals surface area contributed by atoms with Crippen LogP contribution >= 0.6 is 0 Å². The standard InChI is InChI=1S/C11H12NO/c1-12(2)8-11(9-13)10-6-4-3-5-7-10/h3-8H,1-2H3. The summed E-state index contributed by atoms with van der Waals surface area (Å²) in [6.45, 7) is 0. The van der Waals surface area contributed by atoms with Crippen molar-refractivity contribution < 1.29 is 4.79 Å². The molecule has 0 bridgehead atoms. The van der Waals surface area contributed by atoms with Gasteiger partial charge in [0.1, 0.15) is 0 Å². The van der Waals surface area contributed by atoms with Gasteiger partial charge in [0.05, 0.1) is 0 Å². The summed E-state index contributed by atoms with van der Waals surface area (Å²) in [5, 5.41) is 0. The van der Waals surface area contributed by atoms with Gasteiger partial charge in [-0.1, -0.05) is 30.3 Å². The van der Waals surface area contributed by atoms with E-state index in [4.69, 9.17) is 0 Å². The summed E-state index contributed by atoms with van der Waals surface area (Å²) in [6, 6.07) is 9.49. The van der Waals surface area contributed by atoms with Crippen molar-refractivity contribution in [3.8, 4) is 0 Å². The first kappa shape index (κ1) is 9.52. The Morgan fingerprint density at radius 1 is 1.31 bits per heavy atom. The predicted octanol–water partition coefficient (Wildman–Crippen LogP) is 1.70. The van der Waals surface area contributed by atoms with Gasteiger partial charge < -0.3 is 4.90 Å². The highest BCUT2D eigenvalue weighted by Crippen LogP contribution is 2.11. The van der Waals surface area contributed by atoms with Crippen molar-refractivity contribution in [3.05, 3.63) is 42.1 Å². The van der Waals surface area contributed by atoms with Gasteiger partial charge in [0.2, 0.25) is 6.29 Å². The molecule has 1 aromatic carbocycles. The zero-order valence-electron chi connectivity index (χ0n) is 7.82. The minimum absolute atomic E-state index is 0.575. The van der Waals surface area contributed by atoms with E-state index in [2.05, 4.69) is 0 Å². The highest BCUT2D eigenvalue weighted by atomic mass is 16.1. The minimum Gasteiger partial charge on any atom is -0.383 e. The lowest BCUT2D eigenvalue weighted by molar-refractivity contribution is 0.556. The number of allylic oxidation sites excluding steroid dienone is 1. The van der Waals surface area contributed by atoms with E-state index in [0.717, 1.165) is 5.56 Å². The maximum Gasteiger partial charge on any atom is 0.235 e. The largest absolute Gasteiger partial charge is 0.383 e. The molecule has 0 unspecified atom stereocenters. The molecule has 0 spiro atoms. The number of hydrogen-bond donors (Lipinski definition) is 0. The average molecular weight is 174 g/mol. The Morgan fingerprint density at radius 3 is 2.38 bits per heavy atom. The molecular formula is C11H12NO. The molecule has 67 valence electrons. The van der Waals surface area contributed by atoms with Crippen molar-refractivity contribution in [3.63, 3.8) is 0 Å². The van der Waals surface area contributed by atoms with Crippen LogP contribution < -0.4 is 0 Å². The molecule has 1 radical (unpaired) electrons. The van der Waals surface area contributed by atoms with E-state index in [1.165, 1.54) is 0 Å². The van der Waals surface area contributed by atoms with E-state index in [1.54, 1.807) is 6.20 Å². The SMILES string of the molecule is CN(C)C=C([C]=O)c1ccccc1. The Balaban J connectivity index is 2.98. The molecule has 2 heteroatoms. The average Bonchev–Trinajstić information content (AvgIpc) is 2.15. The number of benzene rings is 1. The molecule has 0 fully saturated rings. The van der Waals surface area contributed by atoms with E-state index in [-0.39, 0.29) is 0 Å². The van der Waals surface area contributed by atoms with E-state index in [1.807, 2.05) is 55.6 Å². The zero-order chi connectivity index (χ0) is 9.68. The Morgan fingerprint density at radius 2 is 1.92 bits per heavy atom. The van der Waals surface area contributed by atoms with Gasteiger partial charge in [0.25, 0.3) is 0 Å². The van der Waals surface area contributed by atoms with Gasteiger partial charge in [0, 0.05) is 25.9 Å². The van der Waals surface area contributed by atoms with Gasteiger partial charge in [-0.05, 0) is 5.56 Å². The van der Waals surface area contributed by atoms with Gasteiger partial charge in [-0.25, -0.2) is 0 Å². The number of rotatable bonds is 3. The molecule has 0 aromatic heterocycles. The summed E-state index contributed by atoms with van der Waals surface area (Å²) >= 11 is 0. The van der Waals surface area contributed by atoms with Gasteiger partial charge in [-0.2, -0.15) is 0 Å². The molecule has 0 N–H and O–H groups in total. The maximum absolute atomic E-state index is 10.6. The summed E-state index contributed by atoms with van der Waals surface area (Å²) < 4.78 is 0. The van der Waals surface area contributed by atoms with Gasteiger partial charge in [-0.15, -0.1) is 0 Å². The highest BCUT2D eigenvalue weighted by Gasteiger charge is 1.99. The molecule has 0 saturated carbocycles. The topological polar surface area (TPSA) is 20.3 Å². The Bertz CT molecular complexity index is 301. The monoisotopic (exact) mass is 174 g/mol. The van der Waals surface area contributed by atoms with Crippen molar-refractivity contribution in [2.75, 3.05) is 14.1 Å². The molecule has 1 aromatic rings. The van der Waals surface area contributed by atoms with Crippen LogP contribution in [0.5, 0.6) is 0 Å². The summed E-state index contributed by atoms with van der Waals surface area (Å²) in [4.78, 5) is 12.4. The van der Waals surface area contributed by atoms with Crippen LogP contribution in [0.3, 0.4) is 0 Å². The molecule has 0 heterocycles. The van der Waals surface area contributed by atoms with Gasteiger partial charge in [0.15, 0.2) is 0 Å². The second-order valence-corrected chi connectivity index (χ2v) is 2.97. The molecular weight excluding hydrogens is 162 g/mol. The van der Waals surface area contributed by atoms with Crippen molar-refractivity contribution in [2.24, 2.45) is 0 Å². The second kappa shape index (κ2) is 4.45. The molecule has 0 aliphatic rings. The fourth-order valence-corrected chi connectivity index (χ4v) is 1.04. The van der Waals surface area contributed by atoms with E-state index >= 15 is 0 Å². The lowest BCUT2D eigenvalue weighted by atomic mass is 10.1. The van der Waals surface area contributed by atoms with Gasteiger partial charge in [-0.3, -0.25) is 4.79 Å². The summed E-state index contributed by atoms with van der Waals surface area (Å²) in [5.74, 6) is 0. The third kappa shape index (κ3) is 2.75. The second-order valence-electron chi connectivity index (χ2n) is 2.97. The van der Waals surface area contributed by atoms with Crippen molar-refractivity contribution in [1.82, 2.24) is 4.90 Å². The molecule has 0 atom stereocenters. The summed E-state index contributed by atoms with van der Waals surface area (Å²) in [6.07, 6.45) is 3.67. The highest BCUT2D eigenvalue weighted by molar-refractivity contribution is 6.07. The van der Waals surface area contributed by atoms with Gasteiger partial charge >= 0.3 is 0 Å². The quantitative estimate of drug-likeness (QED) is 0.650. The first-order chi connectivity index (χ1) is 6.24. The van der Waals surface area contributed by atoms with E-state index < -0.39 is 0 Å². The molecule has 13 heavy (non-hydrogen) atoms. The number of nitrogens with zero attached hydrogens (tertiary/aromatic N) is 1. The number of hydrogen-bond acceptors (Lipinski definition) is 2. The molecule has 2 nitrogen and oxygen atoms in total. The number of carbonyl (C=O) groups excluding carboxylic acids is 1. The van der Waals surface area contributed by atoms with Crippen LogP contribution in [0, 0.1) is 0 Å². The Hall–Kier alpha value is -1.57. The zero-order valence-corrected chi connectivity index (χ0v) is 7.82. The summed E-state index contributed by atoms with van der Waals surface area (Å²) in [7, 11) is 3.75. The van der Waals surface area contributed by atoms with Crippen LogP contribution in [-0.4, -0.2) is 25.3 Å². The van der Waals surface area contributed by atoms with E-state index in [9.17, 15) is 4.79 Å². The van der Waals surface area contributed by atoms with Crippen molar-refractivity contribution >= 4 is 11.9 Å². The van der Waals surface area contributed by atoms with Crippen LogP contribution in [0.2, 0.25) is 0 Å². The van der Waals surface area contributed by atoms with Crippen LogP contribution in [-0.2, 0) is 4.79 Å². The molecule has 0 amide bonds. The van der Waals surface area contributed by atoms with Crippen molar-refractivity contribution in [2.45, 2.75) is 0 Å². The Labute approximate surface area is 78.5 Å². The lowest BCUT2D eigenvalue weighted by Gasteiger charge is -2.06. The first-order valence-electron chi connectivity index (χ1n) is 4.06. The van der Waals surface area contributed by atoms with Crippen LogP contribution in [0.4, 0.5) is 0 Å². The predicted molar refractivity (Wildman–Crippen MR) is 53.8 cm³/mol. The van der Waals surface area contributed by atoms with Crippen molar-refractivity contribution in [1.29, 1.82) is 0 Å².